The molecule has 0 saturated carbocycles. The lowest BCUT2D eigenvalue weighted by Crippen LogP contribution is -2.61. The number of epoxide rings is 1. The van der Waals surface area contributed by atoms with E-state index in [-0.39, 0.29) is 10.1 Å². The van der Waals surface area contributed by atoms with Crippen LogP contribution >= 0.6 is 0 Å². The van der Waals surface area contributed by atoms with Gasteiger partial charge < -0.3 is 13.6 Å². The summed E-state index contributed by atoms with van der Waals surface area (Å²) in [5, 5.41) is 0.0347. The van der Waals surface area contributed by atoms with Gasteiger partial charge in [0.15, 0.2) is 0 Å². The zero-order valence-corrected chi connectivity index (χ0v) is 15.7. The van der Waals surface area contributed by atoms with Crippen molar-refractivity contribution in [1.29, 1.82) is 0 Å². The molecule has 2 aliphatic rings. The van der Waals surface area contributed by atoms with Gasteiger partial charge in [0.25, 0.3) is 0 Å². The van der Waals surface area contributed by atoms with Gasteiger partial charge in [-0.15, -0.1) is 0 Å². The molecule has 22 heavy (non-hydrogen) atoms. The summed E-state index contributed by atoms with van der Waals surface area (Å²) in [7, 11) is -2.40. The van der Waals surface area contributed by atoms with Gasteiger partial charge in [-0.1, -0.05) is 47.6 Å². The van der Waals surface area contributed by atoms with E-state index < -0.39 is 8.56 Å². The Hall–Kier alpha value is -0.843. The van der Waals surface area contributed by atoms with Crippen molar-refractivity contribution in [2.24, 2.45) is 0 Å². The van der Waals surface area contributed by atoms with Crippen LogP contribution in [0.15, 0.2) is 18.2 Å². The molecule has 0 spiro atoms. The Balaban J connectivity index is 1.91. The Morgan fingerprint density at radius 3 is 2.27 bits per heavy atom. The van der Waals surface area contributed by atoms with Crippen molar-refractivity contribution in [1.82, 2.24) is 0 Å². The van der Waals surface area contributed by atoms with Gasteiger partial charge in [-0.25, -0.2) is 0 Å². The number of hydrogen-bond acceptors (Lipinski definition) is 3. The van der Waals surface area contributed by atoms with Gasteiger partial charge in [-0.3, -0.25) is 0 Å². The number of rotatable bonds is 2. The molecule has 122 valence electrons. The normalized spacial score (nSPS) is 23.6. The number of hydrogen-bond donors (Lipinski definition) is 0. The first-order valence-corrected chi connectivity index (χ1v) is 10.0. The highest BCUT2D eigenvalue weighted by Crippen LogP contribution is 2.54. The number of fused-ring (bicyclic) bond motifs is 1. The van der Waals surface area contributed by atoms with E-state index in [1.165, 1.54) is 11.1 Å². The van der Waals surface area contributed by atoms with Crippen LogP contribution < -0.4 is 4.43 Å². The fourth-order valence-corrected chi connectivity index (χ4v) is 8.30. The maximum Gasteiger partial charge on any atom is 0.410 e. The Morgan fingerprint density at radius 1 is 1.09 bits per heavy atom. The fraction of sp³-hybridized carbons (Fsp3) is 0.667. The number of benzene rings is 1. The van der Waals surface area contributed by atoms with E-state index in [9.17, 15) is 0 Å². The molecule has 0 N–H and O–H groups in total. The molecular weight excluding hydrogens is 292 g/mol. The van der Waals surface area contributed by atoms with Crippen LogP contribution in [-0.2, 0) is 22.2 Å². The molecule has 1 saturated heterocycles. The van der Waals surface area contributed by atoms with Gasteiger partial charge in [0, 0.05) is 22.1 Å². The number of ether oxygens (including phenoxy) is 1. The Kier molecular flexibility index (Phi) is 3.70. The minimum Gasteiger partial charge on any atom is -0.519 e. The third-order valence-electron chi connectivity index (χ3n) is 4.65. The van der Waals surface area contributed by atoms with E-state index in [1.807, 2.05) is 0 Å². The first-order valence-electron chi connectivity index (χ1n) is 8.19. The van der Waals surface area contributed by atoms with E-state index in [0.29, 0.717) is 12.7 Å². The zero-order chi connectivity index (χ0) is 16.2. The van der Waals surface area contributed by atoms with Crippen molar-refractivity contribution in [3.8, 4) is 5.75 Å². The first-order chi connectivity index (χ1) is 10.1. The highest BCUT2D eigenvalue weighted by Gasteiger charge is 2.61. The van der Waals surface area contributed by atoms with Crippen molar-refractivity contribution in [2.75, 3.05) is 6.61 Å². The van der Waals surface area contributed by atoms with Crippen LogP contribution in [0.5, 0.6) is 5.75 Å². The molecule has 2 aliphatic heterocycles. The van der Waals surface area contributed by atoms with E-state index in [2.05, 4.69) is 59.7 Å². The predicted octanol–water partition coefficient (Wildman–Crippen LogP) is 4.58. The van der Waals surface area contributed by atoms with Crippen molar-refractivity contribution in [2.45, 2.75) is 70.8 Å². The van der Waals surface area contributed by atoms with Gasteiger partial charge in [-0.05, 0) is 17.7 Å². The van der Waals surface area contributed by atoms with Crippen molar-refractivity contribution >= 4 is 8.56 Å². The molecule has 1 aromatic rings. The average Bonchev–Trinajstić information content (AvgIpc) is 3.19. The highest BCUT2D eigenvalue weighted by molar-refractivity contribution is 6.74. The van der Waals surface area contributed by atoms with E-state index in [0.717, 1.165) is 18.8 Å². The quantitative estimate of drug-likeness (QED) is 0.590. The van der Waals surface area contributed by atoms with Crippen LogP contribution in [0.2, 0.25) is 10.1 Å². The summed E-state index contributed by atoms with van der Waals surface area (Å²) in [6.45, 7) is 15.0. The molecule has 3 nitrogen and oxygen atoms in total. The Morgan fingerprint density at radius 2 is 1.73 bits per heavy atom. The second-order valence-electron chi connectivity index (χ2n) is 8.61. The summed E-state index contributed by atoms with van der Waals surface area (Å²) >= 11 is 0. The van der Waals surface area contributed by atoms with Crippen LogP contribution in [0.4, 0.5) is 0 Å². The third kappa shape index (κ3) is 2.72. The van der Waals surface area contributed by atoms with Crippen molar-refractivity contribution in [3.05, 3.63) is 29.3 Å². The first kappa shape index (κ1) is 16.0. The van der Waals surface area contributed by atoms with Gasteiger partial charge in [0.1, 0.15) is 5.75 Å². The van der Waals surface area contributed by atoms with Crippen LogP contribution in [0.1, 0.15) is 52.7 Å². The van der Waals surface area contributed by atoms with Crippen LogP contribution in [0.3, 0.4) is 0 Å². The lowest BCUT2D eigenvalue weighted by atomic mass is 10.1. The molecule has 4 heteroatoms. The molecule has 2 heterocycles. The minimum atomic E-state index is -2.40. The van der Waals surface area contributed by atoms with Gasteiger partial charge in [0.05, 0.1) is 19.3 Å². The standard InChI is InChI=1S/C18H28O3Si/c1-17(2,3)22(18(4,5)6)20-11-14-9-13(10-15-12-19-15)7-8-16(14)21-22/h7-9,15H,10-12H2,1-6H3/t15-/m0/s1. The summed E-state index contributed by atoms with van der Waals surface area (Å²) in [6.07, 6.45) is 1.41. The second kappa shape index (κ2) is 5.08. The lowest BCUT2D eigenvalue weighted by Gasteiger charge is -2.50. The summed E-state index contributed by atoms with van der Waals surface area (Å²) in [5.74, 6) is 1.02. The molecule has 0 unspecified atom stereocenters. The van der Waals surface area contributed by atoms with E-state index in [1.54, 1.807) is 0 Å². The molecule has 3 rings (SSSR count). The average molecular weight is 321 g/mol. The van der Waals surface area contributed by atoms with Crippen LogP contribution in [0, 0.1) is 0 Å². The van der Waals surface area contributed by atoms with Crippen molar-refractivity contribution < 1.29 is 13.6 Å². The molecule has 0 bridgehead atoms. The highest BCUT2D eigenvalue weighted by atomic mass is 28.4. The fourth-order valence-electron chi connectivity index (χ4n) is 3.65. The molecule has 0 radical (unpaired) electrons. The third-order valence-corrected chi connectivity index (χ3v) is 9.66. The largest absolute Gasteiger partial charge is 0.519 e. The summed E-state index contributed by atoms with van der Waals surface area (Å²) < 4.78 is 18.4. The Bertz CT molecular complexity index is 551. The predicted molar refractivity (Wildman–Crippen MR) is 90.5 cm³/mol. The SMILES string of the molecule is CC(C)(C)[Si]1(C(C)(C)C)OCc2cc(C[C@H]3CO3)ccc2O1. The molecule has 0 aliphatic carbocycles. The van der Waals surface area contributed by atoms with E-state index in [4.69, 9.17) is 13.6 Å². The molecule has 0 amide bonds. The van der Waals surface area contributed by atoms with E-state index >= 15 is 0 Å². The second-order valence-corrected chi connectivity index (χ2v) is 13.3. The zero-order valence-electron chi connectivity index (χ0n) is 14.7. The maximum atomic E-state index is 6.61. The molecule has 1 atom stereocenters. The van der Waals surface area contributed by atoms with Crippen molar-refractivity contribution in [3.63, 3.8) is 0 Å². The maximum absolute atomic E-state index is 6.61. The van der Waals surface area contributed by atoms with Crippen LogP contribution in [-0.4, -0.2) is 21.3 Å². The topological polar surface area (TPSA) is 31.0 Å². The van der Waals surface area contributed by atoms with Gasteiger partial charge in [-0.2, -0.15) is 0 Å². The van der Waals surface area contributed by atoms with Crippen LogP contribution in [0.25, 0.3) is 0 Å². The molecule has 0 aromatic heterocycles. The molecule has 1 fully saturated rings. The smallest absolute Gasteiger partial charge is 0.410 e. The molecule has 1 aromatic carbocycles. The summed E-state index contributed by atoms with van der Waals surface area (Å²) in [6, 6.07) is 6.53. The summed E-state index contributed by atoms with van der Waals surface area (Å²) in [4.78, 5) is 0. The lowest BCUT2D eigenvalue weighted by molar-refractivity contribution is 0.156. The van der Waals surface area contributed by atoms with Gasteiger partial charge in [0.2, 0.25) is 0 Å². The van der Waals surface area contributed by atoms with Gasteiger partial charge >= 0.3 is 8.56 Å². The Labute approximate surface area is 135 Å². The molecular formula is C18H28O3Si. The monoisotopic (exact) mass is 320 g/mol. The summed E-state index contributed by atoms with van der Waals surface area (Å²) in [5.41, 5.74) is 2.49. The minimum absolute atomic E-state index is 0.0173.